The normalized spacial score (nSPS) is 17.8. The van der Waals surface area contributed by atoms with Gasteiger partial charge >= 0.3 is 0 Å². The van der Waals surface area contributed by atoms with Crippen LogP contribution in [0, 0.1) is 5.82 Å². The molecule has 1 aromatic rings. The van der Waals surface area contributed by atoms with Gasteiger partial charge in [0.25, 0.3) is 0 Å². The Balaban J connectivity index is 1.80. The zero-order valence-electron chi connectivity index (χ0n) is 10.7. The zero-order chi connectivity index (χ0) is 13.7. The zero-order valence-corrected chi connectivity index (χ0v) is 12.3. The number of piperidine rings is 1. The first-order chi connectivity index (χ1) is 9.19. The Morgan fingerprint density at radius 1 is 1.32 bits per heavy atom. The van der Waals surface area contributed by atoms with Crippen molar-refractivity contribution in [3.63, 3.8) is 0 Å². The lowest BCUT2D eigenvalue weighted by Gasteiger charge is -2.31. The van der Waals surface area contributed by atoms with Gasteiger partial charge in [-0.3, -0.25) is 4.90 Å². The molecule has 1 aliphatic heterocycles. The summed E-state index contributed by atoms with van der Waals surface area (Å²) in [4.78, 5) is 2.34. The van der Waals surface area contributed by atoms with E-state index in [1.165, 1.54) is 6.07 Å². The molecule has 0 spiro atoms. The number of hydrogen-bond donors (Lipinski definition) is 0. The van der Waals surface area contributed by atoms with Crippen LogP contribution in [0.25, 0.3) is 0 Å². The topological polar surface area (TPSA) is 12.5 Å². The SMILES string of the molecule is Fc1ccc(CN2CCC(OCCCl)CC2)cc1Cl. The van der Waals surface area contributed by atoms with E-state index in [1.54, 1.807) is 12.1 Å². The number of nitrogens with zero attached hydrogens (tertiary/aromatic N) is 1. The Bertz CT molecular complexity index is 408. The van der Waals surface area contributed by atoms with Crippen LogP contribution in [0.3, 0.4) is 0 Å². The van der Waals surface area contributed by atoms with Crippen molar-refractivity contribution in [3.8, 4) is 0 Å². The van der Waals surface area contributed by atoms with Crippen LogP contribution < -0.4 is 0 Å². The van der Waals surface area contributed by atoms with Crippen LogP contribution in [-0.2, 0) is 11.3 Å². The van der Waals surface area contributed by atoms with Gasteiger partial charge in [0.05, 0.1) is 17.7 Å². The maximum absolute atomic E-state index is 13.1. The largest absolute Gasteiger partial charge is 0.377 e. The van der Waals surface area contributed by atoms with Crippen LogP contribution in [0.2, 0.25) is 5.02 Å². The molecule has 1 heterocycles. The smallest absolute Gasteiger partial charge is 0.141 e. The van der Waals surface area contributed by atoms with Crippen LogP contribution in [0.5, 0.6) is 0 Å². The quantitative estimate of drug-likeness (QED) is 0.769. The molecule has 0 bridgehead atoms. The summed E-state index contributed by atoms with van der Waals surface area (Å²) in [5.41, 5.74) is 1.05. The fourth-order valence-corrected chi connectivity index (χ4v) is 2.63. The van der Waals surface area contributed by atoms with Crippen LogP contribution in [-0.4, -0.2) is 36.6 Å². The van der Waals surface area contributed by atoms with E-state index in [-0.39, 0.29) is 10.8 Å². The van der Waals surface area contributed by atoms with Gasteiger partial charge in [-0.25, -0.2) is 4.39 Å². The van der Waals surface area contributed by atoms with Crippen molar-refractivity contribution in [1.29, 1.82) is 0 Å². The van der Waals surface area contributed by atoms with E-state index in [4.69, 9.17) is 27.9 Å². The molecule has 106 valence electrons. The Hall–Kier alpha value is -0.350. The minimum atomic E-state index is -0.362. The number of ether oxygens (including phenoxy) is 1. The van der Waals surface area contributed by atoms with E-state index in [1.807, 2.05) is 0 Å². The number of benzene rings is 1. The van der Waals surface area contributed by atoms with Gasteiger partial charge < -0.3 is 4.74 Å². The molecule has 0 amide bonds. The molecule has 2 nitrogen and oxygen atoms in total. The van der Waals surface area contributed by atoms with Crippen LogP contribution in [0.15, 0.2) is 18.2 Å². The Morgan fingerprint density at radius 3 is 2.68 bits per heavy atom. The van der Waals surface area contributed by atoms with E-state index >= 15 is 0 Å². The van der Waals surface area contributed by atoms with Crippen LogP contribution in [0.1, 0.15) is 18.4 Å². The third-order valence-corrected chi connectivity index (χ3v) is 3.80. The summed E-state index contributed by atoms with van der Waals surface area (Å²) in [7, 11) is 0. The summed E-state index contributed by atoms with van der Waals surface area (Å²) in [6.45, 7) is 3.41. The van der Waals surface area contributed by atoms with Gasteiger partial charge in [0.1, 0.15) is 5.82 Å². The van der Waals surface area contributed by atoms with E-state index in [9.17, 15) is 4.39 Å². The minimum absolute atomic E-state index is 0.192. The number of hydrogen-bond acceptors (Lipinski definition) is 2. The molecule has 1 fully saturated rings. The van der Waals surface area contributed by atoms with E-state index in [0.29, 0.717) is 18.6 Å². The van der Waals surface area contributed by atoms with Gasteiger partial charge in [-0.05, 0) is 30.5 Å². The van der Waals surface area contributed by atoms with E-state index < -0.39 is 0 Å². The Labute approximate surface area is 123 Å². The highest BCUT2D eigenvalue weighted by molar-refractivity contribution is 6.30. The minimum Gasteiger partial charge on any atom is -0.377 e. The standard InChI is InChI=1S/C14H18Cl2FNO/c15-5-8-19-12-3-6-18(7-4-12)10-11-1-2-14(17)13(16)9-11/h1-2,9,12H,3-8,10H2. The predicted molar refractivity (Wildman–Crippen MR) is 76.4 cm³/mol. The van der Waals surface area contributed by atoms with Gasteiger partial charge in [-0.2, -0.15) is 0 Å². The summed E-state index contributed by atoms with van der Waals surface area (Å²) in [6, 6.07) is 4.91. The highest BCUT2D eigenvalue weighted by atomic mass is 35.5. The molecular formula is C14H18Cl2FNO. The summed E-state index contributed by atoms with van der Waals surface area (Å²) in [5.74, 6) is 0.187. The second-order valence-corrected chi connectivity index (χ2v) is 5.57. The molecule has 2 rings (SSSR count). The predicted octanol–water partition coefficient (Wildman–Crippen LogP) is 3.70. The molecule has 0 N–H and O–H groups in total. The van der Waals surface area contributed by atoms with Gasteiger partial charge in [0.15, 0.2) is 0 Å². The van der Waals surface area contributed by atoms with Crippen molar-refractivity contribution in [3.05, 3.63) is 34.6 Å². The maximum Gasteiger partial charge on any atom is 0.141 e. The molecule has 0 aliphatic carbocycles. The van der Waals surface area contributed by atoms with Crippen molar-refractivity contribution < 1.29 is 9.13 Å². The van der Waals surface area contributed by atoms with E-state index in [0.717, 1.165) is 38.0 Å². The van der Waals surface area contributed by atoms with Gasteiger partial charge in [0.2, 0.25) is 0 Å². The third kappa shape index (κ3) is 4.60. The third-order valence-electron chi connectivity index (χ3n) is 3.36. The molecular weight excluding hydrogens is 288 g/mol. The second-order valence-electron chi connectivity index (χ2n) is 4.78. The lowest BCUT2D eigenvalue weighted by molar-refractivity contribution is 0.0134. The van der Waals surface area contributed by atoms with Crippen molar-refractivity contribution >= 4 is 23.2 Å². The summed E-state index contributed by atoms with van der Waals surface area (Å²) < 4.78 is 18.7. The average molecular weight is 306 g/mol. The Morgan fingerprint density at radius 2 is 2.05 bits per heavy atom. The molecule has 1 aliphatic rings. The maximum atomic E-state index is 13.1. The lowest BCUT2D eigenvalue weighted by Crippen LogP contribution is -2.36. The molecule has 0 atom stereocenters. The molecule has 0 unspecified atom stereocenters. The van der Waals surface area contributed by atoms with Gasteiger partial charge in [-0.15, -0.1) is 11.6 Å². The lowest BCUT2D eigenvalue weighted by atomic mass is 10.1. The van der Waals surface area contributed by atoms with Crippen molar-refractivity contribution in [2.24, 2.45) is 0 Å². The average Bonchev–Trinajstić information content (AvgIpc) is 2.42. The van der Waals surface area contributed by atoms with Crippen LogP contribution >= 0.6 is 23.2 Å². The number of rotatable bonds is 5. The molecule has 0 radical (unpaired) electrons. The van der Waals surface area contributed by atoms with Gasteiger partial charge in [-0.1, -0.05) is 17.7 Å². The van der Waals surface area contributed by atoms with Crippen LogP contribution in [0.4, 0.5) is 4.39 Å². The molecule has 1 saturated heterocycles. The fourth-order valence-electron chi connectivity index (χ4n) is 2.34. The summed E-state index contributed by atoms with van der Waals surface area (Å²) >= 11 is 11.4. The molecule has 0 aromatic heterocycles. The van der Waals surface area contributed by atoms with Crippen molar-refractivity contribution in [2.45, 2.75) is 25.5 Å². The highest BCUT2D eigenvalue weighted by Crippen LogP contribution is 2.20. The molecule has 19 heavy (non-hydrogen) atoms. The van der Waals surface area contributed by atoms with Crippen molar-refractivity contribution in [1.82, 2.24) is 4.90 Å². The molecule has 1 aromatic carbocycles. The number of halogens is 3. The number of alkyl halides is 1. The Kier molecular flexibility index (Phi) is 5.89. The first-order valence-electron chi connectivity index (χ1n) is 6.53. The monoisotopic (exact) mass is 305 g/mol. The first-order valence-corrected chi connectivity index (χ1v) is 7.44. The second kappa shape index (κ2) is 7.44. The highest BCUT2D eigenvalue weighted by Gasteiger charge is 2.19. The molecule has 0 saturated carbocycles. The number of likely N-dealkylation sites (tertiary alicyclic amines) is 1. The van der Waals surface area contributed by atoms with Crippen molar-refractivity contribution in [2.75, 3.05) is 25.6 Å². The first kappa shape index (κ1) is 15.0. The fraction of sp³-hybridized carbons (Fsp3) is 0.571. The summed E-state index contributed by atoms with van der Waals surface area (Å²) in [6.07, 6.45) is 2.37. The van der Waals surface area contributed by atoms with Gasteiger partial charge in [0, 0.05) is 25.5 Å². The summed E-state index contributed by atoms with van der Waals surface area (Å²) in [5, 5.41) is 0.192. The molecule has 5 heteroatoms. The van der Waals surface area contributed by atoms with E-state index in [2.05, 4.69) is 4.90 Å².